The quantitative estimate of drug-likeness (QED) is 0.408. The van der Waals surface area contributed by atoms with Crippen LogP contribution >= 0.6 is 0 Å². The van der Waals surface area contributed by atoms with Gasteiger partial charge in [-0.25, -0.2) is 14.4 Å². The summed E-state index contributed by atoms with van der Waals surface area (Å²) in [5.74, 6) is -0.525. The summed E-state index contributed by atoms with van der Waals surface area (Å²) >= 11 is 0. The number of rotatable bonds is 4. The van der Waals surface area contributed by atoms with E-state index < -0.39 is 29.3 Å². The lowest BCUT2D eigenvalue weighted by molar-refractivity contribution is -0.137. The predicted octanol–water partition coefficient (Wildman–Crippen LogP) is 3.96. The van der Waals surface area contributed by atoms with Crippen molar-refractivity contribution in [2.75, 3.05) is 0 Å². The first-order valence-electron chi connectivity index (χ1n) is 9.01. The maximum Gasteiger partial charge on any atom is 0.408 e. The van der Waals surface area contributed by atoms with E-state index in [9.17, 15) is 14.4 Å². The molecule has 150 valence electrons. The van der Waals surface area contributed by atoms with Crippen LogP contribution in [0.4, 0.5) is 4.79 Å². The van der Waals surface area contributed by atoms with Crippen molar-refractivity contribution >= 4 is 23.0 Å². The van der Waals surface area contributed by atoms with Crippen molar-refractivity contribution in [1.29, 1.82) is 0 Å². The van der Waals surface area contributed by atoms with E-state index in [-0.39, 0.29) is 5.75 Å². The van der Waals surface area contributed by atoms with Gasteiger partial charge in [-0.1, -0.05) is 30.3 Å². The van der Waals surface area contributed by atoms with Crippen LogP contribution < -0.4 is 15.7 Å². The highest BCUT2D eigenvalue weighted by Gasteiger charge is 2.27. The van der Waals surface area contributed by atoms with E-state index in [0.29, 0.717) is 16.5 Å². The minimum Gasteiger partial charge on any atom is -0.444 e. The number of carbonyl (C=O) groups is 2. The standard InChI is InChI=1S/C22H21NO6/c1-22(2,3)29-21(26)23-19(15-7-5-4-6-8-15)20(25)27-16-11-9-14-10-12-18(24)28-17(14)13-16/h4-13,19H,1-3H3,(H,23,26)/t19-/m0/s1. The zero-order chi connectivity index (χ0) is 21.0. The zero-order valence-corrected chi connectivity index (χ0v) is 16.3. The molecule has 0 aliphatic heterocycles. The molecule has 0 saturated heterocycles. The van der Waals surface area contributed by atoms with Gasteiger partial charge in [-0.2, -0.15) is 0 Å². The van der Waals surface area contributed by atoms with Crippen LogP contribution in [0.3, 0.4) is 0 Å². The van der Waals surface area contributed by atoms with E-state index >= 15 is 0 Å². The van der Waals surface area contributed by atoms with Crippen molar-refractivity contribution in [1.82, 2.24) is 5.32 Å². The molecular weight excluding hydrogens is 374 g/mol. The first-order valence-corrected chi connectivity index (χ1v) is 9.01. The van der Waals surface area contributed by atoms with Gasteiger partial charge in [-0.3, -0.25) is 0 Å². The number of nitrogens with one attached hydrogen (secondary N) is 1. The van der Waals surface area contributed by atoms with Crippen LogP contribution in [0.2, 0.25) is 0 Å². The normalized spacial score (nSPS) is 12.2. The topological polar surface area (TPSA) is 94.8 Å². The molecule has 0 bridgehead atoms. The van der Waals surface area contributed by atoms with Gasteiger partial charge in [-0.05, 0) is 44.5 Å². The highest BCUT2D eigenvalue weighted by atomic mass is 16.6. The van der Waals surface area contributed by atoms with Crippen molar-refractivity contribution in [2.24, 2.45) is 0 Å². The second-order valence-electron chi connectivity index (χ2n) is 7.37. The fourth-order valence-corrected chi connectivity index (χ4v) is 2.63. The largest absolute Gasteiger partial charge is 0.444 e. The van der Waals surface area contributed by atoms with Crippen LogP contribution in [-0.4, -0.2) is 17.7 Å². The average molecular weight is 395 g/mol. The van der Waals surface area contributed by atoms with Gasteiger partial charge in [0.05, 0.1) is 0 Å². The van der Waals surface area contributed by atoms with Gasteiger partial charge in [0, 0.05) is 17.5 Å². The van der Waals surface area contributed by atoms with Crippen LogP contribution in [-0.2, 0) is 9.53 Å². The SMILES string of the molecule is CC(C)(C)OC(=O)N[C@H](C(=O)Oc1ccc2ccc(=O)oc2c1)c1ccccc1. The molecule has 0 spiro atoms. The molecule has 0 aliphatic rings. The maximum absolute atomic E-state index is 12.8. The van der Waals surface area contributed by atoms with Crippen molar-refractivity contribution < 1.29 is 23.5 Å². The molecular formula is C22H21NO6. The van der Waals surface area contributed by atoms with Crippen LogP contribution in [0.25, 0.3) is 11.0 Å². The third kappa shape index (κ3) is 5.44. The third-order valence-corrected chi connectivity index (χ3v) is 3.84. The Hall–Kier alpha value is -3.61. The monoisotopic (exact) mass is 395 g/mol. The summed E-state index contributed by atoms with van der Waals surface area (Å²) in [4.78, 5) is 36.5. The Labute approximate surface area is 167 Å². The smallest absolute Gasteiger partial charge is 0.408 e. The number of hydrogen-bond donors (Lipinski definition) is 1. The molecule has 0 saturated carbocycles. The predicted molar refractivity (Wildman–Crippen MR) is 107 cm³/mol. The number of esters is 1. The molecule has 1 atom stereocenters. The van der Waals surface area contributed by atoms with Gasteiger partial charge < -0.3 is 19.2 Å². The molecule has 0 radical (unpaired) electrons. The number of ether oxygens (including phenoxy) is 2. The molecule has 1 aromatic heterocycles. The minimum absolute atomic E-state index is 0.184. The second-order valence-corrected chi connectivity index (χ2v) is 7.37. The van der Waals surface area contributed by atoms with Crippen LogP contribution in [0, 0.1) is 0 Å². The summed E-state index contributed by atoms with van der Waals surface area (Å²) in [6.45, 7) is 5.18. The van der Waals surface area contributed by atoms with Crippen molar-refractivity contribution in [3.8, 4) is 5.75 Å². The van der Waals surface area contributed by atoms with E-state index in [4.69, 9.17) is 13.9 Å². The second kappa shape index (κ2) is 8.18. The number of fused-ring (bicyclic) bond motifs is 1. The Bertz CT molecular complexity index is 1080. The third-order valence-electron chi connectivity index (χ3n) is 3.84. The van der Waals surface area contributed by atoms with Crippen LogP contribution in [0.15, 0.2) is 69.9 Å². The van der Waals surface area contributed by atoms with E-state index in [1.807, 2.05) is 0 Å². The van der Waals surface area contributed by atoms with Crippen molar-refractivity contribution in [3.05, 3.63) is 76.6 Å². The lowest BCUT2D eigenvalue weighted by Gasteiger charge is -2.23. The molecule has 1 heterocycles. The summed E-state index contributed by atoms with van der Waals surface area (Å²) in [7, 11) is 0. The van der Waals surface area contributed by atoms with Crippen LogP contribution in [0.5, 0.6) is 5.75 Å². The minimum atomic E-state index is -1.08. The van der Waals surface area contributed by atoms with Crippen LogP contribution in [0.1, 0.15) is 32.4 Å². The van der Waals surface area contributed by atoms with Gasteiger partial charge in [0.1, 0.15) is 16.9 Å². The van der Waals surface area contributed by atoms with E-state index in [1.165, 1.54) is 12.1 Å². The Morgan fingerprint density at radius 2 is 1.69 bits per heavy atom. The molecule has 0 aliphatic carbocycles. The molecule has 29 heavy (non-hydrogen) atoms. The fourth-order valence-electron chi connectivity index (χ4n) is 2.63. The summed E-state index contributed by atoms with van der Waals surface area (Å²) in [6, 6.07) is 15.2. The van der Waals surface area contributed by atoms with E-state index in [0.717, 1.165) is 0 Å². The van der Waals surface area contributed by atoms with E-state index in [1.54, 1.807) is 69.3 Å². The van der Waals surface area contributed by atoms with Crippen molar-refractivity contribution in [3.63, 3.8) is 0 Å². The molecule has 7 nitrogen and oxygen atoms in total. The zero-order valence-electron chi connectivity index (χ0n) is 16.3. The highest BCUT2D eigenvalue weighted by Crippen LogP contribution is 2.22. The fraction of sp³-hybridized carbons (Fsp3) is 0.227. The maximum atomic E-state index is 12.8. The first-order chi connectivity index (χ1) is 13.7. The molecule has 7 heteroatoms. The summed E-state index contributed by atoms with van der Waals surface area (Å²) in [5, 5.41) is 3.24. The van der Waals surface area contributed by atoms with E-state index in [2.05, 4.69) is 5.32 Å². The lowest BCUT2D eigenvalue weighted by atomic mass is 10.1. The molecule has 3 aromatic rings. The molecule has 2 aromatic carbocycles. The van der Waals surface area contributed by atoms with Gasteiger partial charge in [0.2, 0.25) is 0 Å². The number of benzene rings is 2. The number of carbonyl (C=O) groups excluding carboxylic acids is 2. The summed E-state index contributed by atoms with van der Waals surface area (Å²) < 4.78 is 15.8. The Kier molecular flexibility index (Phi) is 5.68. The number of alkyl carbamates (subject to hydrolysis) is 1. The van der Waals surface area contributed by atoms with Gasteiger partial charge >= 0.3 is 17.7 Å². The Morgan fingerprint density at radius 3 is 2.38 bits per heavy atom. The molecule has 0 unspecified atom stereocenters. The summed E-state index contributed by atoms with van der Waals surface area (Å²) in [6.07, 6.45) is -0.743. The molecule has 1 amide bonds. The number of hydrogen-bond acceptors (Lipinski definition) is 6. The van der Waals surface area contributed by atoms with Crippen molar-refractivity contribution in [2.45, 2.75) is 32.4 Å². The van der Waals surface area contributed by atoms with Gasteiger partial charge in [0.15, 0.2) is 6.04 Å². The lowest BCUT2D eigenvalue weighted by Crippen LogP contribution is -2.39. The highest BCUT2D eigenvalue weighted by molar-refractivity contribution is 5.85. The molecule has 3 rings (SSSR count). The Morgan fingerprint density at radius 1 is 1.00 bits per heavy atom. The van der Waals surface area contributed by atoms with Gasteiger partial charge in [0.25, 0.3) is 0 Å². The summed E-state index contributed by atoms with van der Waals surface area (Å²) in [5.41, 5.74) is -0.393. The first kappa shape index (κ1) is 20.1. The Balaban J connectivity index is 1.84. The molecule has 0 fully saturated rings. The molecule has 1 N–H and O–H groups in total. The van der Waals surface area contributed by atoms with Gasteiger partial charge in [-0.15, -0.1) is 0 Å². The number of amides is 1. The average Bonchev–Trinajstić information content (AvgIpc) is 2.65.